The van der Waals surface area contributed by atoms with E-state index < -0.39 is 5.97 Å². The molecule has 0 aliphatic carbocycles. The molecule has 5 heteroatoms. The Hall–Kier alpha value is -2.40. The Labute approximate surface area is 135 Å². The Balaban J connectivity index is 1.73. The molecule has 0 atom stereocenters. The van der Waals surface area contributed by atoms with Gasteiger partial charge >= 0.3 is 5.97 Å². The number of ketones is 1. The van der Waals surface area contributed by atoms with Crippen LogP contribution < -0.4 is 0 Å². The molecule has 110 valence electrons. The number of nitrogens with one attached hydrogen (secondary N) is 1. The van der Waals surface area contributed by atoms with Crippen molar-refractivity contribution < 1.29 is 14.3 Å². The van der Waals surface area contributed by atoms with Crippen molar-refractivity contribution in [2.75, 3.05) is 6.61 Å². The maximum Gasteiger partial charge on any atom is 0.339 e. The third-order valence-electron chi connectivity index (χ3n) is 3.32. The monoisotopic (exact) mass is 357 g/mol. The van der Waals surface area contributed by atoms with Crippen LogP contribution in [0.1, 0.15) is 20.7 Å². The molecule has 3 aromatic rings. The lowest BCUT2D eigenvalue weighted by Crippen LogP contribution is -2.14. The van der Waals surface area contributed by atoms with Crippen LogP contribution >= 0.6 is 15.9 Å². The van der Waals surface area contributed by atoms with Crippen molar-refractivity contribution in [2.45, 2.75) is 0 Å². The van der Waals surface area contributed by atoms with E-state index in [0.29, 0.717) is 15.6 Å². The zero-order valence-electron chi connectivity index (χ0n) is 11.5. The fraction of sp³-hybridized carbons (Fsp3) is 0.0588. The number of carbonyl (C=O) groups is 2. The van der Waals surface area contributed by atoms with Crippen molar-refractivity contribution in [3.63, 3.8) is 0 Å². The molecule has 0 unspecified atom stereocenters. The van der Waals surface area contributed by atoms with Crippen LogP contribution in [-0.2, 0) is 4.74 Å². The van der Waals surface area contributed by atoms with Crippen LogP contribution in [0.25, 0.3) is 10.9 Å². The van der Waals surface area contributed by atoms with Gasteiger partial charge in [-0.15, -0.1) is 0 Å². The van der Waals surface area contributed by atoms with E-state index in [1.807, 2.05) is 24.3 Å². The lowest BCUT2D eigenvalue weighted by molar-refractivity contribution is 0.0474. The fourth-order valence-electron chi connectivity index (χ4n) is 2.22. The topological polar surface area (TPSA) is 59.2 Å². The summed E-state index contributed by atoms with van der Waals surface area (Å²) in [5.74, 6) is -0.765. The van der Waals surface area contributed by atoms with Crippen LogP contribution in [-0.4, -0.2) is 23.3 Å². The van der Waals surface area contributed by atoms with Crippen molar-refractivity contribution >= 4 is 38.6 Å². The first-order valence-electron chi connectivity index (χ1n) is 6.68. The highest BCUT2D eigenvalue weighted by Gasteiger charge is 2.16. The SMILES string of the molecule is O=C(OCC(=O)c1c[nH]c2ccccc12)c1ccccc1Br. The molecule has 0 aliphatic heterocycles. The molecule has 4 nitrogen and oxygen atoms in total. The molecule has 0 amide bonds. The quantitative estimate of drug-likeness (QED) is 0.567. The second-order valence-corrected chi connectivity index (χ2v) is 5.58. The number of fused-ring (bicyclic) bond motifs is 1. The van der Waals surface area contributed by atoms with Crippen LogP contribution in [0.3, 0.4) is 0 Å². The minimum atomic E-state index is -0.527. The first kappa shape index (κ1) is 14.5. The van der Waals surface area contributed by atoms with Gasteiger partial charge in [-0.1, -0.05) is 30.3 Å². The summed E-state index contributed by atoms with van der Waals surface area (Å²) >= 11 is 3.28. The maximum atomic E-state index is 12.2. The average Bonchev–Trinajstić information content (AvgIpc) is 2.97. The molecule has 1 aromatic heterocycles. The predicted molar refractivity (Wildman–Crippen MR) is 87.1 cm³/mol. The van der Waals surface area contributed by atoms with E-state index in [0.717, 1.165) is 10.9 Å². The van der Waals surface area contributed by atoms with Crippen LogP contribution in [0, 0.1) is 0 Å². The number of rotatable bonds is 4. The molecule has 0 saturated carbocycles. The number of aromatic amines is 1. The number of para-hydroxylation sites is 1. The zero-order valence-corrected chi connectivity index (χ0v) is 13.1. The lowest BCUT2D eigenvalue weighted by Gasteiger charge is -2.05. The van der Waals surface area contributed by atoms with Gasteiger partial charge in [-0.2, -0.15) is 0 Å². The molecule has 0 radical (unpaired) electrons. The second kappa shape index (κ2) is 6.15. The molecule has 1 heterocycles. The predicted octanol–water partition coefficient (Wildman–Crippen LogP) is 3.97. The van der Waals surface area contributed by atoms with E-state index >= 15 is 0 Å². The smallest absolute Gasteiger partial charge is 0.339 e. The third kappa shape index (κ3) is 2.80. The molecule has 0 bridgehead atoms. The molecular weight excluding hydrogens is 346 g/mol. The largest absolute Gasteiger partial charge is 0.454 e. The van der Waals surface area contributed by atoms with Crippen LogP contribution in [0.2, 0.25) is 0 Å². The molecule has 0 spiro atoms. The Morgan fingerprint density at radius 1 is 1.00 bits per heavy atom. The third-order valence-corrected chi connectivity index (χ3v) is 4.01. The standard InChI is InChI=1S/C17H12BrNO3/c18-14-7-3-1-6-12(14)17(21)22-10-16(20)13-9-19-15-8-4-2-5-11(13)15/h1-9,19H,10H2. The van der Waals surface area contributed by atoms with Gasteiger partial charge in [0, 0.05) is 27.1 Å². The molecular formula is C17H12BrNO3. The second-order valence-electron chi connectivity index (χ2n) is 4.73. The number of halogens is 1. The van der Waals surface area contributed by atoms with Gasteiger partial charge in [0.2, 0.25) is 5.78 Å². The summed E-state index contributed by atoms with van der Waals surface area (Å²) in [5, 5.41) is 0.824. The van der Waals surface area contributed by atoms with Gasteiger partial charge in [-0.05, 0) is 34.1 Å². The van der Waals surface area contributed by atoms with Crippen LogP contribution in [0.15, 0.2) is 59.2 Å². The minimum Gasteiger partial charge on any atom is -0.454 e. The van der Waals surface area contributed by atoms with E-state index in [1.54, 1.807) is 30.5 Å². The summed E-state index contributed by atoms with van der Waals surface area (Å²) in [4.78, 5) is 27.3. The van der Waals surface area contributed by atoms with Crippen molar-refractivity contribution in [1.29, 1.82) is 0 Å². The highest BCUT2D eigenvalue weighted by molar-refractivity contribution is 9.10. The van der Waals surface area contributed by atoms with E-state index in [1.165, 1.54) is 0 Å². The van der Waals surface area contributed by atoms with Crippen LogP contribution in [0.4, 0.5) is 0 Å². The molecule has 22 heavy (non-hydrogen) atoms. The number of esters is 1. The highest BCUT2D eigenvalue weighted by Crippen LogP contribution is 2.19. The summed E-state index contributed by atoms with van der Waals surface area (Å²) in [6.07, 6.45) is 1.64. The van der Waals surface area contributed by atoms with Crippen molar-refractivity contribution in [3.05, 3.63) is 70.3 Å². The summed E-state index contributed by atoms with van der Waals surface area (Å²) in [7, 11) is 0. The first-order valence-corrected chi connectivity index (χ1v) is 7.47. The average molecular weight is 358 g/mol. The molecule has 0 saturated heterocycles. The van der Waals surface area contributed by atoms with Gasteiger partial charge in [-0.3, -0.25) is 4.79 Å². The number of benzene rings is 2. The van der Waals surface area contributed by atoms with Crippen molar-refractivity contribution in [1.82, 2.24) is 4.98 Å². The van der Waals surface area contributed by atoms with E-state index in [9.17, 15) is 9.59 Å². The fourth-order valence-corrected chi connectivity index (χ4v) is 2.66. The van der Waals surface area contributed by atoms with Crippen molar-refractivity contribution in [2.24, 2.45) is 0 Å². The molecule has 1 N–H and O–H groups in total. The Bertz CT molecular complexity index is 854. The zero-order chi connectivity index (χ0) is 15.5. The molecule has 0 aliphatic rings. The lowest BCUT2D eigenvalue weighted by atomic mass is 10.1. The number of H-pyrrole nitrogens is 1. The molecule has 2 aromatic carbocycles. The first-order chi connectivity index (χ1) is 10.7. The van der Waals surface area contributed by atoms with Gasteiger partial charge in [0.1, 0.15) is 0 Å². The van der Waals surface area contributed by atoms with Gasteiger partial charge in [0.05, 0.1) is 5.56 Å². The summed E-state index contributed by atoms with van der Waals surface area (Å²) in [6, 6.07) is 14.4. The summed E-state index contributed by atoms with van der Waals surface area (Å²) in [5.41, 5.74) is 1.80. The van der Waals surface area contributed by atoms with Crippen molar-refractivity contribution in [3.8, 4) is 0 Å². The number of hydrogen-bond donors (Lipinski definition) is 1. The number of aromatic nitrogens is 1. The molecule has 3 rings (SSSR count). The number of Topliss-reactive ketones (excluding diaryl/α,β-unsaturated/α-hetero) is 1. The maximum absolute atomic E-state index is 12.2. The van der Waals surface area contributed by atoms with Gasteiger partial charge < -0.3 is 9.72 Å². The Kier molecular flexibility index (Phi) is 4.06. The number of carbonyl (C=O) groups excluding carboxylic acids is 2. The van der Waals surface area contributed by atoms with Gasteiger partial charge in [0.25, 0.3) is 0 Å². The summed E-state index contributed by atoms with van der Waals surface area (Å²) in [6.45, 7) is -0.290. The van der Waals surface area contributed by atoms with Crippen LogP contribution in [0.5, 0.6) is 0 Å². The number of ether oxygens (including phenoxy) is 1. The summed E-state index contributed by atoms with van der Waals surface area (Å²) < 4.78 is 5.75. The number of hydrogen-bond acceptors (Lipinski definition) is 3. The van der Waals surface area contributed by atoms with Gasteiger partial charge in [-0.25, -0.2) is 4.79 Å². The van der Waals surface area contributed by atoms with E-state index in [4.69, 9.17) is 4.74 Å². The Morgan fingerprint density at radius 3 is 2.55 bits per heavy atom. The Morgan fingerprint density at radius 2 is 1.73 bits per heavy atom. The normalized spacial score (nSPS) is 10.6. The highest BCUT2D eigenvalue weighted by atomic mass is 79.9. The van der Waals surface area contributed by atoms with Gasteiger partial charge in [0.15, 0.2) is 6.61 Å². The van der Waals surface area contributed by atoms with E-state index in [2.05, 4.69) is 20.9 Å². The van der Waals surface area contributed by atoms with E-state index in [-0.39, 0.29) is 12.4 Å². The minimum absolute atomic E-state index is 0.238. The molecule has 0 fully saturated rings.